The van der Waals surface area contributed by atoms with Crippen molar-refractivity contribution in [3.05, 3.63) is 70.3 Å². The fourth-order valence-corrected chi connectivity index (χ4v) is 3.29. The zero-order chi connectivity index (χ0) is 22.4. The van der Waals surface area contributed by atoms with Crippen LogP contribution in [-0.2, 0) is 6.54 Å². The molecule has 0 spiro atoms. The van der Waals surface area contributed by atoms with E-state index in [2.05, 4.69) is 10.3 Å². The molecule has 3 N–H and O–H groups in total. The van der Waals surface area contributed by atoms with Crippen LogP contribution in [0.25, 0.3) is 10.9 Å². The lowest BCUT2D eigenvalue weighted by Gasteiger charge is -2.23. The van der Waals surface area contributed by atoms with Gasteiger partial charge < -0.3 is 24.8 Å². The number of pyridine rings is 1. The molecule has 0 unspecified atom stereocenters. The summed E-state index contributed by atoms with van der Waals surface area (Å²) < 4.78 is 18.4. The zero-order valence-electron chi connectivity index (χ0n) is 18.0. The smallest absolute Gasteiger partial charge is 0.322 e. The van der Waals surface area contributed by atoms with Gasteiger partial charge in [0.15, 0.2) is 0 Å². The molecule has 0 aliphatic heterocycles. The summed E-state index contributed by atoms with van der Waals surface area (Å²) >= 11 is 0. The first kappa shape index (κ1) is 22.3. The number of methoxy groups -OCH3 is 1. The third kappa shape index (κ3) is 6.05. The van der Waals surface area contributed by atoms with Crippen LogP contribution in [0.2, 0.25) is 0 Å². The topological polar surface area (TPSA) is 78.9 Å². The van der Waals surface area contributed by atoms with E-state index in [0.717, 1.165) is 18.4 Å². The van der Waals surface area contributed by atoms with E-state index in [1.165, 1.54) is 29.2 Å². The molecule has 2 aromatic carbocycles. The second-order valence-electron chi connectivity index (χ2n) is 7.75. The minimum absolute atomic E-state index is 0.151. The van der Waals surface area contributed by atoms with Gasteiger partial charge in [-0.1, -0.05) is 0 Å². The predicted octanol–water partition coefficient (Wildman–Crippen LogP) is 2.24. The quantitative estimate of drug-likeness (QED) is 0.516. The van der Waals surface area contributed by atoms with Crippen LogP contribution >= 0.6 is 0 Å². The van der Waals surface area contributed by atoms with E-state index in [4.69, 9.17) is 4.74 Å². The second kappa shape index (κ2) is 10.1. The Kier molecular flexibility index (Phi) is 7.25. The molecule has 3 aromatic rings. The molecular formula is C23H28FN4O3+. The Balaban J connectivity index is 1.84. The molecule has 8 heteroatoms. The molecule has 1 aromatic heterocycles. The molecular weight excluding hydrogens is 399 g/mol. The summed E-state index contributed by atoms with van der Waals surface area (Å²) in [4.78, 5) is 31.3. The van der Waals surface area contributed by atoms with Gasteiger partial charge in [0.2, 0.25) is 0 Å². The monoisotopic (exact) mass is 427 g/mol. The van der Waals surface area contributed by atoms with Crippen molar-refractivity contribution in [1.29, 1.82) is 0 Å². The van der Waals surface area contributed by atoms with Crippen molar-refractivity contribution in [3.63, 3.8) is 0 Å². The molecule has 0 saturated carbocycles. The maximum absolute atomic E-state index is 13.2. The van der Waals surface area contributed by atoms with Crippen LogP contribution in [0.5, 0.6) is 5.75 Å². The van der Waals surface area contributed by atoms with Crippen molar-refractivity contribution < 1.29 is 18.8 Å². The Morgan fingerprint density at radius 2 is 1.90 bits per heavy atom. The average Bonchev–Trinajstić information content (AvgIpc) is 2.74. The summed E-state index contributed by atoms with van der Waals surface area (Å²) in [5.74, 6) is 0.312. The summed E-state index contributed by atoms with van der Waals surface area (Å²) in [6.45, 7) is 1.51. The highest BCUT2D eigenvalue weighted by atomic mass is 19.1. The Labute approximate surface area is 180 Å². The highest BCUT2D eigenvalue weighted by molar-refractivity contribution is 5.89. The molecule has 0 saturated heterocycles. The van der Waals surface area contributed by atoms with Crippen LogP contribution in [0.1, 0.15) is 12.0 Å². The largest absolute Gasteiger partial charge is 0.497 e. The van der Waals surface area contributed by atoms with E-state index < -0.39 is 0 Å². The number of amides is 2. The molecule has 0 radical (unpaired) electrons. The van der Waals surface area contributed by atoms with Crippen LogP contribution in [0.15, 0.2) is 53.3 Å². The number of halogens is 1. The number of nitrogens with zero attached hydrogens (tertiary/aromatic N) is 1. The molecule has 0 atom stereocenters. The lowest BCUT2D eigenvalue weighted by Crippen LogP contribution is -3.05. The van der Waals surface area contributed by atoms with Crippen LogP contribution in [0.3, 0.4) is 0 Å². The van der Waals surface area contributed by atoms with E-state index in [-0.39, 0.29) is 24.0 Å². The van der Waals surface area contributed by atoms with Gasteiger partial charge in [0, 0.05) is 35.1 Å². The molecule has 0 aliphatic rings. The van der Waals surface area contributed by atoms with Gasteiger partial charge in [0.25, 0.3) is 5.56 Å². The number of anilines is 1. The molecule has 3 rings (SSSR count). The van der Waals surface area contributed by atoms with Crippen LogP contribution in [0, 0.1) is 5.82 Å². The Morgan fingerprint density at radius 3 is 2.58 bits per heavy atom. The number of hydrogen-bond donors (Lipinski definition) is 3. The molecule has 1 heterocycles. The number of benzene rings is 2. The van der Waals surface area contributed by atoms with Gasteiger partial charge in [-0.25, -0.2) is 9.18 Å². The number of nitrogens with one attached hydrogen (secondary N) is 3. The Morgan fingerprint density at radius 1 is 1.16 bits per heavy atom. The third-order valence-electron chi connectivity index (χ3n) is 4.98. The van der Waals surface area contributed by atoms with Gasteiger partial charge in [0.1, 0.15) is 11.6 Å². The molecule has 7 nitrogen and oxygen atoms in total. The average molecular weight is 428 g/mol. The normalized spacial score (nSPS) is 11.0. The number of ether oxygens (including phenoxy) is 1. The number of carbonyl (C=O) groups is 1. The van der Waals surface area contributed by atoms with Gasteiger partial charge in [-0.2, -0.15) is 0 Å². The summed E-state index contributed by atoms with van der Waals surface area (Å²) in [5.41, 5.74) is 1.43. The minimum atomic E-state index is -0.373. The second-order valence-corrected chi connectivity index (χ2v) is 7.75. The SMILES string of the molecule is COc1ccc2[nH]c(=O)c(CN(CCC[NH+](C)C)C(=O)Nc3ccc(F)cc3)cc2c1. The standard InChI is InChI=1S/C23H27FN4O3/c1-27(2)11-4-12-28(23(30)25-19-7-5-18(24)6-8-19)15-17-13-16-14-20(31-3)9-10-21(16)26-22(17)29/h5-10,13-14H,4,11-12,15H2,1-3H3,(H,25,30)(H,26,29)/p+1. The minimum Gasteiger partial charge on any atom is -0.497 e. The number of rotatable bonds is 8. The summed E-state index contributed by atoms with van der Waals surface area (Å²) in [6.07, 6.45) is 0.776. The highest BCUT2D eigenvalue weighted by Gasteiger charge is 2.17. The van der Waals surface area contributed by atoms with Gasteiger partial charge in [0.05, 0.1) is 34.3 Å². The first-order chi connectivity index (χ1) is 14.9. The van der Waals surface area contributed by atoms with Crippen molar-refractivity contribution in [1.82, 2.24) is 9.88 Å². The summed E-state index contributed by atoms with van der Waals surface area (Å²) in [7, 11) is 5.68. The number of fused-ring (bicyclic) bond motifs is 1. The fraction of sp³-hybridized carbons (Fsp3) is 0.304. The zero-order valence-corrected chi connectivity index (χ0v) is 18.0. The van der Waals surface area contributed by atoms with E-state index in [1.54, 1.807) is 30.2 Å². The number of carbonyl (C=O) groups excluding carboxylic acids is 1. The highest BCUT2D eigenvalue weighted by Crippen LogP contribution is 2.19. The van der Waals surface area contributed by atoms with E-state index in [9.17, 15) is 14.0 Å². The van der Waals surface area contributed by atoms with E-state index in [0.29, 0.717) is 29.1 Å². The van der Waals surface area contributed by atoms with Gasteiger partial charge in [-0.3, -0.25) is 4.79 Å². The predicted molar refractivity (Wildman–Crippen MR) is 119 cm³/mol. The molecule has 31 heavy (non-hydrogen) atoms. The van der Waals surface area contributed by atoms with Crippen molar-refractivity contribution in [2.75, 3.05) is 39.6 Å². The molecule has 0 fully saturated rings. The van der Waals surface area contributed by atoms with Crippen LogP contribution in [0.4, 0.5) is 14.9 Å². The van der Waals surface area contributed by atoms with Crippen LogP contribution < -0.4 is 20.5 Å². The fourth-order valence-electron chi connectivity index (χ4n) is 3.29. The summed E-state index contributed by atoms with van der Waals surface area (Å²) in [6, 6.07) is 12.4. The van der Waals surface area contributed by atoms with Crippen molar-refractivity contribution >= 4 is 22.6 Å². The summed E-state index contributed by atoms with van der Waals surface area (Å²) in [5, 5.41) is 3.61. The molecule has 2 amide bonds. The number of hydrogen-bond acceptors (Lipinski definition) is 3. The lowest BCUT2D eigenvalue weighted by atomic mass is 10.1. The number of H-pyrrole nitrogens is 1. The molecule has 0 bridgehead atoms. The van der Waals surface area contributed by atoms with Crippen LogP contribution in [-0.4, -0.2) is 50.2 Å². The first-order valence-corrected chi connectivity index (χ1v) is 10.2. The van der Waals surface area contributed by atoms with Gasteiger partial charge in [-0.15, -0.1) is 0 Å². The number of urea groups is 1. The number of aromatic amines is 1. The van der Waals surface area contributed by atoms with E-state index >= 15 is 0 Å². The maximum atomic E-state index is 13.2. The number of aromatic nitrogens is 1. The molecule has 164 valence electrons. The van der Waals surface area contributed by atoms with Crippen molar-refractivity contribution in [2.45, 2.75) is 13.0 Å². The van der Waals surface area contributed by atoms with E-state index in [1.807, 2.05) is 20.2 Å². The number of quaternary nitrogens is 1. The first-order valence-electron chi connectivity index (χ1n) is 10.2. The maximum Gasteiger partial charge on any atom is 0.322 e. The lowest BCUT2D eigenvalue weighted by molar-refractivity contribution is -0.858. The van der Waals surface area contributed by atoms with Crippen molar-refractivity contribution in [2.24, 2.45) is 0 Å². The van der Waals surface area contributed by atoms with Gasteiger partial charge >= 0.3 is 6.03 Å². The van der Waals surface area contributed by atoms with Gasteiger partial charge in [-0.05, 0) is 48.5 Å². The van der Waals surface area contributed by atoms with Crippen molar-refractivity contribution in [3.8, 4) is 5.75 Å². The molecule has 0 aliphatic carbocycles. The Bertz CT molecular complexity index is 1100. The Hall–Kier alpha value is -3.39. The third-order valence-corrected chi connectivity index (χ3v) is 4.98.